The van der Waals surface area contributed by atoms with Crippen molar-refractivity contribution in [1.29, 1.82) is 0 Å². The van der Waals surface area contributed by atoms with E-state index >= 15 is 0 Å². The van der Waals surface area contributed by atoms with Crippen molar-refractivity contribution in [2.24, 2.45) is 0 Å². The van der Waals surface area contributed by atoms with E-state index in [1.54, 1.807) is 33.5 Å². The Bertz CT molecular complexity index is 1010. The molecule has 0 saturated carbocycles. The number of hydrogen-bond donors (Lipinski definition) is 0. The maximum atomic E-state index is 13.2. The summed E-state index contributed by atoms with van der Waals surface area (Å²) in [5.74, 6) is 1.62. The molecular weight excluding hydrogens is 396 g/mol. The van der Waals surface area contributed by atoms with Gasteiger partial charge in [0.2, 0.25) is 5.60 Å². The molecule has 1 saturated heterocycles. The van der Waals surface area contributed by atoms with Crippen LogP contribution in [0.3, 0.4) is 0 Å². The molecule has 0 amide bonds. The summed E-state index contributed by atoms with van der Waals surface area (Å²) in [5, 5.41) is 0. The number of esters is 1. The zero-order valence-corrected chi connectivity index (χ0v) is 17.9. The Balaban J connectivity index is 1.93. The van der Waals surface area contributed by atoms with Gasteiger partial charge in [-0.1, -0.05) is 36.4 Å². The van der Waals surface area contributed by atoms with Crippen LogP contribution in [0.2, 0.25) is 0 Å². The summed E-state index contributed by atoms with van der Waals surface area (Å²) in [7, 11) is 6.18. The second kappa shape index (κ2) is 7.96. The first-order valence-corrected chi connectivity index (χ1v) is 9.78. The number of benzene rings is 3. The van der Waals surface area contributed by atoms with E-state index in [4.69, 9.17) is 23.7 Å². The van der Waals surface area contributed by atoms with E-state index in [1.165, 1.54) is 7.11 Å². The summed E-state index contributed by atoms with van der Waals surface area (Å²) < 4.78 is 27.5. The largest absolute Gasteiger partial charge is 0.497 e. The molecule has 1 aliphatic rings. The molecule has 6 nitrogen and oxygen atoms in total. The molecule has 3 aromatic carbocycles. The predicted octanol–water partition coefficient (Wildman–Crippen LogP) is 4.05. The molecule has 1 fully saturated rings. The smallest absolute Gasteiger partial charge is 0.346 e. The Morgan fingerprint density at radius 1 is 0.613 bits per heavy atom. The van der Waals surface area contributed by atoms with E-state index in [1.807, 2.05) is 60.7 Å². The number of methoxy groups -OCH3 is 4. The highest BCUT2D eigenvalue weighted by molar-refractivity contribution is 5.89. The van der Waals surface area contributed by atoms with Crippen LogP contribution >= 0.6 is 0 Å². The van der Waals surface area contributed by atoms with Gasteiger partial charge in [-0.2, -0.15) is 0 Å². The van der Waals surface area contributed by atoms with E-state index in [0.29, 0.717) is 22.8 Å². The topological polar surface area (TPSA) is 66.5 Å². The Morgan fingerprint density at radius 3 is 1.29 bits per heavy atom. The van der Waals surface area contributed by atoms with E-state index in [0.717, 1.165) is 11.1 Å². The van der Waals surface area contributed by atoms with Gasteiger partial charge in [0.1, 0.15) is 17.2 Å². The quantitative estimate of drug-likeness (QED) is 0.424. The van der Waals surface area contributed by atoms with Gasteiger partial charge >= 0.3 is 5.97 Å². The summed E-state index contributed by atoms with van der Waals surface area (Å²) in [6.07, 6.45) is 0. The molecule has 0 bridgehead atoms. The van der Waals surface area contributed by atoms with Crippen molar-refractivity contribution in [3.8, 4) is 17.2 Å². The molecule has 4 rings (SSSR count). The van der Waals surface area contributed by atoms with Gasteiger partial charge in [-0.25, -0.2) is 4.79 Å². The first-order chi connectivity index (χ1) is 15.0. The minimum Gasteiger partial charge on any atom is -0.497 e. The lowest BCUT2D eigenvalue weighted by molar-refractivity contribution is -0.147. The molecule has 0 radical (unpaired) electrons. The van der Waals surface area contributed by atoms with Crippen molar-refractivity contribution >= 4 is 5.97 Å². The monoisotopic (exact) mass is 420 g/mol. The Labute approximate surface area is 181 Å². The fraction of sp³-hybridized carbons (Fsp3) is 0.240. The van der Waals surface area contributed by atoms with Crippen LogP contribution in [0.1, 0.15) is 16.7 Å². The fourth-order valence-electron chi connectivity index (χ4n) is 4.08. The van der Waals surface area contributed by atoms with Gasteiger partial charge in [-0.05, 0) is 53.1 Å². The molecule has 1 unspecified atom stereocenters. The minimum absolute atomic E-state index is 0.482. The number of epoxide rings is 1. The zero-order valence-electron chi connectivity index (χ0n) is 17.9. The standard InChI is InChI=1S/C25H24O6/c1-27-20-11-5-17(6-12-20)24(18-7-13-21(28-2)14-8-18)25(31-24,23(26)30-4)19-9-15-22(29-3)16-10-19/h5-16H,1-4H3. The number of carbonyl (C=O) groups excluding carboxylic acids is 1. The lowest BCUT2D eigenvalue weighted by Gasteiger charge is -2.21. The van der Waals surface area contributed by atoms with Crippen molar-refractivity contribution < 1.29 is 28.5 Å². The van der Waals surface area contributed by atoms with Crippen molar-refractivity contribution in [1.82, 2.24) is 0 Å². The van der Waals surface area contributed by atoms with E-state index < -0.39 is 17.2 Å². The molecular formula is C25H24O6. The summed E-state index contributed by atoms with van der Waals surface area (Å²) in [6, 6.07) is 22.2. The molecule has 31 heavy (non-hydrogen) atoms. The van der Waals surface area contributed by atoms with Gasteiger partial charge in [-0.15, -0.1) is 0 Å². The van der Waals surface area contributed by atoms with Crippen LogP contribution < -0.4 is 14.2 Å². The van der Waals surface area contributed by atoms with Gasteiger partial charge in [0.05, 0.1) is 28.4 Å². The van der Waals surface area contributed by atoms with Gasteiger partial charge in [0.15, 0.2) is 5.60 Å². The highest BCUT2D eigenvalue weighted by atomic mass is 16.7. The highest BCUT2D eigenvalue weighted by Gasteiger charge is 2.78. The van der Waals surface area contributed by atoms with E-state index in [9.17, 15) is 4.79 Å². The number of hydrogen-bond acceptors (Lipinski definition) is 6. The fourth-order valence-corrected chi connectivity index (χ4v) is 4.08. The third-order valence-electron chi connectivity index (χ3n) is 5.72. The number of ether oxygens (including phenoxy) is 5. The molecule has 0 aliphatic carbocycles. The minimum atomic E-state index is -1.35. The van der Waals surface area contributed by atoms with Crippen molar-refractivity contribution in [2.45, 2.75) is 11.2 Å². The van der Waals surface area contributed by atoms with Crippen LogP contribution in [0, 0.1) is 0 Å². The average Bonchev–Trinajstić information content (AvgIpc) is 3.56. The Kier molecular flexibility index (Phi) is 5.33. The number of carbonyl (C=O) groups is 1. The Hall–Kier alpha value is -3.51. The molecule has 0 N–H and O–H groups in total. The summed E-state index contributed by atoms with van der Waals surface area (Å²) in [5.41, 5.74) is -0.143. The molecule has 0 spiro atoms. The van der Waals surface area contributed by atoms with Crippen LogP contribution in [-0.2, 0) is 25.5 Å². The third kappa shape index (κ3) is 3.11. The van der Waals surface area contributed by atoms with Crippen molar-refractivity contribution in [3.05, 3.63) is 89.5 Å². The van der Waals surface area contributed by atoms with Gasteiger partial charge in [0.25, 0.3) is 0 Å². The molecule has 1 atom stereocenters. The van der Waals surface area contributed by atoms with Crippen LogP contribution in [0.4, 0.5) is 0 Å². The summed E-state index contributed by atoms with van der Waals surface area (Å²) in [4.78, 5) is 13.2. The molecule has 160 valence electrons. The average molecular weight is 420 g/mol. The van der Waals surface area contributed by atoms with Gasteiger partial charge < -0.3 is 23.7 Å². The first kappa shape index (κ1) is 20.8. The van der Waals surface area contributed by atoms with Gasteiger partial charge in [0, 0.05) is 0 Å². The van der Waals surface area contributed by atoms with Crippen molar-refractivity contribution in [3.63, 3.8) is 0 Å². The normalized spacial score (nSPS) is 18.7. The summed E-state index contributed by atoms with van der Waals surface area (Å²) >= 11 is 0. The van der Waals surface area contributed by atoms with Crippen LogP contribution in [0.5, 0.6) is 17.2 Å². The maximum Gasteiger partial charge on any atom is 0.346 e. The lowest BCUT2D eigenvalue weighted by atomic mass is 9.77. The van der Waals surface area contributed by atoms with Crippen LogP contribution in [0.25, 0.3) is 0 Å². The van der Waals surface area contributed by atoms with Gasteiger partial charge in [-0.3, -0.25) is 0 Å². The third-order valence-corrected chi connectivity index (χ3v) is 5.72. The SMILES string of the molecule is COC(=O)C1(c2ccc(OC)cc2)OC1(c1ccc(OC)cc1)c1ccc(OC)cc1. The molecule has 0 aromatic heterocycles. The predicted molar refractivity (Wildman–Crippen MR) is 115 cm³/mol. The molecule has 6 heteroatoms. The molecule has 3 aromatic rings. The highest BCUT2D eigenvalue weighted by Crippen LogP contribution is 2.66. The summed E-state index contributed by atoms with van der Waals surface area (Å²) in [6.45, 7) is 0. The van der Waals surface area contributed by atoms with Crippen LogP contribution in [-0.4, -0.2) is 34.4 Å². The first-order valence-electron chi connectivity index (χ1n) is 9.78. The maximum absolute atomic E-state index is 13.2. The van der Waals surface area contributed by atoms with E-state index in [2.05, 4.69) is 0 Å². The number of rotatable bonds is 7. The zero-order chi connectivity index (χ0) is 22.1. The lowest BCUT2D eigenvalue weighted by Crippen LogP contribution is -2.32. The Morgan fingerprint density at radius 2 is 0.968 bits per heavy atom. The van der Waals surface area contributed by atoms with Crippen LogP contribution in [0.15, 0.2) is 72.8 Å². The second-order valence-electron chi connectivity index (χ2n) is 7.14. The second-order valence-corrected chi connectivity index (χ2v) is 7.14. The van der Waals surface area contributed by atoms with E-state index in [-0.39, 0.29) is 0 Å². The molecule has 1 heterocycles. The van der Waals surface area contributed by atoms with Crippen molar-refractivity contribution in [2.75, 3.05) is 28.4 Å². The molecule has 1 aliphatic heterocycles.